The Kier molecular flexibility index (Phi) is 7.87. The van der Waals surface area contributed by atoms with Gasteiger partial charge in [0.1, 0.15) is 17.4 Å². The van der Waals surface area contributed by atoms with Crippen molar-refractivity contribution in [2.24, 2.45) is 0 Å². The number of carbonyl (C=O) groups is 1. The van der Waals surface area contributed by atoms with Crippen LogP contribution < -0.4 is 15.0 Å². The Morgan fingerprint density at radius 3 is 2.44 bits per heavy atom. The predicted octanol–water partition coefficient (Wildman–Crippen LogP) is 6.72. The summed E-state index contributed by atoms with van der Waals surface area (Å²) in [4.78, 5) is 14.0. The zero-order valence-corrected chi connectivity index (χ0v) is 21.0. The summed E-state index contributed by atoms with van der Waals surface area (Å²) in [5.41, 5.74) is 4.99. The van der Waals surface area contributed by atoms with Gasteiger partial charge in [0, 0.05) is 21.2 Å². The van der Waals surface area contributed by atoms with E-state index in [1.807, 2.05) is 24.2 Å². The number of hydrogen-bond acceptors (Lipinski definition) is 5. The van der Waals surface area contributed by atoms with Crippen molar-refractivity contribution < 1.29 is 28.9 Å². The molecule has 0 saturated heterocycles. The molecule has 1 aliphatic heterocycles. The van der Waals surface area contributed by atoms with Crippen LogP contribution in [0.3, 0.4) is 0 Å². The van der Waals surface area contributed by atoms with Crippen LogP contribution in [0.5, 0.6) is 5.75 Å². The number of halogens is 3. The summed E-state index contributed by atoms with van der Waals surface area (Å²) in [5.74, 6) is -0.304. The van der Waals surface area contributed by atoms with Crippen molar-refractivity contribution in [3.05, 3.63) is 58.8 Å². The number of ether oxygens (including phenoxy) is 2. The number of nitriles is 1. The molecule has 0 saturated carbocycles. The van der Waals surface area contributed by atoms with Gasteiger partial charge in [0.15, 0.2) is 0 Å². The predicted molar refractivity (Wildman–Crippen MR) is 134 cm³/mol. The van der Waals surface area contributed by atoms with Gasteiger partial charge in [-0.3, -0.25) is 0 Å². The van der Waals surface area contributed by atoms with Gasteiger partial charge in [-0.1, -0.05) is 19.1 Å². The molecule has 0 unspecified atom stereocenters. The van der Waals surface area contributed by atoms with E-state index in [-0.39, 0.29) is 13.7 Å². The van der Waals surface area contributed by atoms with Gasteiger partial charge in [-0.2, -0.15) is 5.26 Å². The van der Waals surface area contributed by atoms with Gasteiger partial charge in [0.2, 0.25) is 0 Å². The number of nitrogens with one attached hydrogen (secondary N) is 1. The van der Waals surface area contributed by atoms with E-state index in [2.05, 4.69) is 23.0 Å². The van der Waals surface area contributed by atoms with E-state index in [1.165, 1.54) is 17.7 Å². The van der Waals surface area contributed by atoms with E-state index >= 15 is 0 Å². The second-order valence-corrected chi connectivity index (χ2v) is 9.58. The van der Waals surface area contributed by atoms with Crippen LogP contribution in [0.1, 0.15) is 52.2 Å². The average molecular weight is 504 g/mol. The van der Waals surface area contributed by atoms with Crippen LogP contribution in [-0.4, -0.2) is 31.6 Å². The lowest BCUT2D eigenvalue weighted by Crippen LogP contribution is -2.33. The quantitative estimate of drug-likeness (QED) is 0.474. The number of allylic oxidation sites excluding steroid dienone is 1. The summed E-state index contributed by atoms with van der Waals surface area (Å²) in [6, 6.07) is 9.92. The monoisotopic (exact) mass is 503 g/mol. The normalized spacial score (nSPS) is 13.4. The third-order valence-electron chi connectivity index (χ3n) is 5.65. The van der Waals surface area contributed by atoms with E-state index < -0.39 is 18.1 Å². The summed E-state index contributed by atoms with van der Waals surface area (Å²) >= 11 is 0. The first-order valence-corrected chi connectivity index (χ1v) is 11.7. The molecular weight excluding hydrogens is 471 g/mol. The van der Waals surface area contributed by atoms with E-state index in [0.717, 1.165) is 28.8 Å². The Balaban J connectivity index is 0.00000481. The van der Waals surface area contributed by atoms with Gasteiger partial charge in [0.05, 0.1) is 11.3 Å². The number of alkyl halides is 3. The SMILES string of the molecule is CCC1=CN(C)c2c(C#N)c(CCNC(=O)OC(C)(C)C)cc(-c3ccc(OC(F)(F)F)cc3)c2C1.[HH]. The third kappa shape index (κ3) is 6.72. The average Bonchev–Trinajstić information content (AvgIpc) is 2.76. The molecule has 2 aromatic rings. The number of fused-ring (bicyclic) bond motifs is 1. The second kappa shape index (κ2) is 10.5. The van der Waals surface area contributed by atoms with Crippen molar-refractivity contribution in [1.82, 2.24) is 5.32 Å². The van der Waals surface area contributed by atoms with Gasteiger partial charge in [-0.15, -0.1) is 13.2 Å². The molecule has 0 fully saturated rings. The Labute approximate surface area is 210 Å². The summed E-state index contributed by atoms with van der Waals surface area (Å²) in [7, 11) is 1.88. The number of anilines is 1. The van der Waals surface area contributed by atoms with Crippen LogP contribution >= 0.6 is 0 Å². The number of nitrogens with zero attached hydrogens (tertiary/aromatic N) is 2. The minimum atomic E-state index is -4.77. The van der Waals surface area contributed by atoms with Crippen LogP contribution in [0, 0.1) is 11.3 Å². The molecule has 194 valence electrons. The minimum Gasteiger partial charge on any atom is -0.444 e. The maximum absolute atomic E-state index is 12.6. The lowest BCUT2D eigenvalue weighted by molar-refractivity contribution is -0.274. The molecule has 1 aliphatic rings. The zero-order valence-electron chi connectivity index (χ0n) is 21.0. The molecule has 1 N–H and O–H groups in total. The molecule has 0 spiro atoms. The molecule has 9 heteroatoms. The summed E-state index contributed by atoms with van der Waals surface area (Å²) in [6.45, 7) is 7.62. The first-order chi connectivity index (χ1) is 16.8. The third-order valence-corrected chi connectivity index (χ3v) is 5.65. The number of carbonyl (C=O) groups excluding carboxylic acids is 1. The lowest BCUT2D eigenvalue weighted by atomic mass is 9.85. The molecule has 36 heavy (non-hydrogen) atoms. The van der Waals surface area contributed by atoms with Crippen molar-refractivity contribution in [2.75, 3.05) is 18.5 Å². The van der Waals surface area contributed by atoms with Crippen molar-refractivity contribution in [2.45, 2.75) is 58.9 Å². The first-order valence-electron chi connectivity index (χ1n) is 11.7. The first kappa shape index (κ1) is 26.9. The standard InChI is InChI=1S/C27H30F3N3O3.H2/c1-6-17-13-22-21(18-7-9-20(10-8-18)35-27(28,29)30)14-19(23(15-31)24(22)33(5)16-17)11-12-32-25(34)36-26(2,3)4;/h7-10,14,16H,6,11-13H2,1-5H3,(H,32,34);1H. The fourth-order valence-electron chi connectivity index (χ4n) is 4.19. The van der Waals surface area contributed by atoms with Gasteiger partial charge in [-0.25, -0.2) is 4.79 Å². The second-order valence-electron chi connectivity index (χ2n) is 9.58. The van der Waals surface area contributed by atoms with Crippen molar-refractivity contribution in [3.63, 3.8) is 0 Å². The van der Waals surface area contributed by atoms with Gasteiger partial charge < -0.3 is 19.7 Å². The molecule has 6 nitrogen and oxygen atoms in total. The largest absolute Gasteiger partial charge is 0.573 e. The smallest absolute Gasteiger partial charge is 0.444 e. The highest BCUT2D eigenvalue weighted by atomic mass is 19.4. The van der Waals surface area contributed by atoms with E-state index in [4.69, 9.17) is 4.74 Å². The van der Waals surface area contributed by atoms with E-state index in [1.54, 1.807) is 32.9 Å². The molecule has 0 radical (unpaired) electrons. The van der Waals surface area contributed by atoms with Gasteiger partial charge in [-0.05, 0) is 86.1 Å². The van der Waals surface area contributed by atoms with Crippen LogP contribution in [0.4, 0.5) is 23.7 Å². The molecule has 3 rings (SSSR count). The highest BCUT2D eigenvalue weighted by Gasteiger charge is 2.31. The zero-order chi connectivity index (χ0) is 26.7. The molecular formula is C27H32F3N3O3. The highest BCUT2D eigenvalue weighted by molar-refractivity contribution is 5.82. The summed E-state index contributed by atoms with van der Waals surface area (Å²) in [5, 5.41) is 12.8. The number of benzene rings is 2. The Morgan fingerprint density at radius 2 is 1.89 bits per heavy atom. The van der Waals surface area contributed by atoms with E-state index in [0.29, 0.717) is 24.0 Å². The summed E-state index contributed by atoms with van der Waals surface area (Å²) in [6.07, 6.45) is -1.49. The molecule has 1 amide bonds. The van der Waals surface area contributed by atoms with Crippen LogP contribution in [-0.2, 0) is 17.6 Å². The minimum absolute atomic E-state index is 0. The number of rotatable bonds is 6. The fraction of sp³-hybridized carbons (Fsp3) is 0.407. The highest BCUT2D eigenvalue weighted by Crippen LogP contribution is 2.41. The molecule has 0 atom stereocenters. The molecule has 2 aromatic carbocycles. The molecule has 0 aliphatic carbocycles. The maximum atomic E-state index is 12.6. The van der Waals surface area contributed by atoms with Crippen LogP contribution in [0.25, 0.3) is 11.1 Å². The Morgan fingerprint density at radius 1 is 1.22 bits per heavy atom. The van der Waals surface area contributed by atoms with Crippen LogP contribution in [0.15, 0.2) is 42.1 Å². The van der Waals surface area contributed by atoms with Crippen LogP contribution in [0.2, 0.25) is 0 Å². The maximum Gasteiger partial charge on any atom is 0.573 e. The topological polar surface area (TPSA) is 74.6 Å². The van der Waals surface area contributed by atoms with Crippen molar-refractivity contribution in [3.8, 4) is 22.9 Å². The molecule has 1 heterocycles. The summed E-state index contributed by atoms with van der Waals surface area (Å²) < 4.78 is 47.1. The van der Waals surface area contributed by atoms with Crippen molar-refractivity contribution in [1.29, 1.82) is 5.26 Å². The van der Waals surface area contributed by atoms with Gasteiger partial charge >= 0.3 is 12.5 Å². The van der Waals surface area contributed by atoms with E-state index in [9.17, 15) is 23.2 Å². The number of alkyl carbamates (subject to hydrolysis) is 1. The Hall–Kier alpha value is -3.67. The number of amides is 1. The molecule has 0 aromatic heterocycles. The van der Waals surface area contributed by atoms with Crippen molar-refractivity contribution >= 4 is 11.8 Å². The Bertz CT molecular complexity index is 1200. The molecule has 0 bridgehead atoms. The lowest BCUT2D eigenvalue weighted by Gasteiger charge is -2.30. The number of hydrogen-bond donors (Lipinski definition) is 1. The fourth-order valence-corrected chi connectivity index (χ4v) is 4.19. The van der Waals surface area contributed by atoms with Gasteiger partial charge in [0.25, 0.3) is 0 Å².